The van der Waals surface area contributed by atoms with Crippen LogP contribution in [0.5, 0.6) is 0 Å². The Balaban J connectivity index is 3.39. The summed E-state index contributed by atoms with van der Waals surface area (Å²) in [5.74, 6) is 0. The number of hydrogen-bond acceptors (Lipinski definition) is 1. The number of alkyl halides is 1. The molecule has 2 heteroatoms. The molecule has 0 bridgehead atoms. The van der Waals surface area contributed by atoms with Gasteiger partial charge in [-0.2, -0.15) is 0 Å². The van der Waals surface area contributed by atoms with Gasteiger partial charge in [-0.3, -0.25) is 0 Å². The lowest BCUT2D eigenvalue weighted by Gasteiger charge is -2.22. The molecule has 0 aromatic rings. The maximum atomic E-state index is 3.37. The van der Waals surface area contributed by atoms with Gasteiger partial charge in [-0.05, 0) is 27.7 Å². The highest BCUT2D eigenvalue weighted by Gasteiger charge is 2.09. The molecule has 0 aromatic heterocycles. The van der Waals surface area contributed by atoms with Crippen LogP contribution in [0.1, 0.15) is 27.7 Å². The van der Waals surface area contributed by atoms with Crippen LogP contribution in [0.15, 0.2) is 0 Å². The summed E-state index contributed by atoms with van der Waals surface area (Å²) >= 11 is 2.36. The van der Waals surface area contributed by atoms with Crippen LogP contribution in [0, 0.1) is 0 Å². The number of hydrogen-bond donors (Lipinski definition) is 1. The highest BCUT2D eigenvalue weighted by molar-refractivity contribution is 14.1. The van der Waals surface area contributed by atoms with Gasteiger partial charge in [0.2, 0.25) is 0 Å². The van der Waals surface area contributed by atoms with E-state index in [2.05, 4.69) is 55.6 Å². The SMILES string of the molecule is CC(I)NC(C)(C)C. The average molecular weight is 227 g/mol. The van der Waals surface area contributed by atoms with Gasteiger partial charge in [-0.25, -0.2) is 0 Å². The van der Waals surface area contributed by atoms with Gasteiger partial charge < -0.3 is 5.32 Å². The van der Waals surface area contributed by atoms with Crippen LogP contribution in [0.2, 0.25) is 0 Å². The highest BCUT2D eigenvalue weighted by Crippen LogP contribution is 2.04. The minimum Gasteiger partial charge on any atom is -0.301 e. The largest absolute Gasteiger partial charge is 0.301 e. The standard InChI is InChI=1S/C6H14IN/c1-5(7)8-6(2,3)4/h5,8H,1-4H3. The molecule has 0 spiro atoms. The molecule has 0 aliphatic rings. The van der Waals surface area contributed by atoms with Gasteiger partial charge in [-0.1, -0.05) is 22.6 Å². The molecule has 0 aliphatic carbocycles. The van der Waals surface area contributed by atoms with Crippen molar-refractivity contribution in [2.75, 3.05) is 0 Å². The van der Waals surface area contributed by atoms with Crippen molar-refractivity contribution in [2.24, 2.45) is 0 Å². The van der Waals surface area contributed by atoms with Crippen molar-refractivity contribution in [3.05, 3.63) is 0 Å². The molecule has 1 unspecified atom stereocenters. The Morgan fingerprint density at radius 2 is 1.75 bits per heavy atom. The van der Waals surface area contributed by atoms with Crippen LogP contribution >= 0.6 is 22.6 Å². The zero-order chi connectivity index (χ0) is 6.78. The van der Waals surface area contributed by atoms with Crippen LogP contribution in [-0.4, -0.2) is 9.59 Å². The molecule has 0 heterocycles. The van der Waals surface area contributed by atoms with E-state index in [1.807, 2.05) is 0 Å². The van der Waals surface area contributed by atoms with Crippen molar-refractivity contribution in [3.63, 3.8) is 0 Å². The summed E-state index contributed by atoms with van der Waals surface area (Å²) in [6, 6.07) is 0. The van der Waals surface area contributed by atoms with Gasteiger partial charge in [0, 0.05) is 5.54 Å². The van der Waals surface area contributed by atoms with Gasteiger partial charge in [-0.15, -0.1) is 0 Å². The van der Waals surface area contributed by atoms with Crippen molar-refractivity contribution in [1.82, 2.24) is 5.32 Å². The molecular weight excluding hydrogens is 213 g/mol. The second kappa shape index (κ2) is 3.01. The zero-order valence-corrected chi connectivity index (χ0v) is 8.11. The van der Waals surface area contributed by atoms with Gasteiger partial charge in [0.05, 0.1) is 4.05 Å². The second-order valence-electron chi connectivity index (χ2n) is 3.01. The van der Waals surface area contributed by atoms with Crippen LogP contribution in [0.25, 0.3) is 0 Å². The Morgan fingerprint density at radius 3 is 1.75 bits per heavy atom. The Kier molecular flexibility index (Phi) is 3.27. The van der Waals surface area contributed by atoms with E-state index in [0.717, 1.165) is 0 Å². The van der Waals surface area contributed by atoms with Crippen LogP contribution in [0.4, 0.5) is 0 Å². The molecule has 0 saturated heterocycles. The van der Waals surface area contributed by atoms with Crippen molar-refractivity contribution >= 4 is 22.6 Å². The fraction of sp³-hybridized carbons (Fsp3) is 1.00. The van der Waals surface area contributed by atoms with Crippen molar-refractivity contribution in [3.8, 4) is 0 Å². The van der Waals surface area contributed by atoms with Gasteiger partial charge >= 0.3 is 0 Å². The van der Waals surface area contributed by atoms with E-state index in [9.17, 15) is 0 Å². The molecule has 1 atom stereocenters. The molecule has 0 aromatic carbocycles. The third kappa shape index (κ3) is 6.69. The summed E-state index contributed by atoms with van der Waals surface area (Å²) in [4.78, 5) is 0. The molecule has 0 aliphatic heterocycles. The van der Waals surface area contributed by atoms with Crippen LogP contribution in [-0.2, 0) is 0 Å². The molecular formula is C6H14IN. The summed E-state index contributed by atoms with van der Waals surface area (Å²) in [6.07, 6.45) is 0. The molecule has 1 N–H and O–H groups in total. The second-order valence-corrected chi connectivity index (χ2v) is 4.88. The minimum atomic E-state index is 0.264. The number of rotatable bonds is 1. The van der Waals surface area contributed by atoms with E-state index in [4.69, 9.17) is 0 Å². The van der Waals surface area contributed by atoms with Gasteiger partial charge in [0.15, 0.2) is 0 Å². The van der Waals surface area contributed by atoms with Gasteiger partial charge in [0.25, 0.3) is 0 Å². The van der Waals surface area contributed by atoms with Crippen LogP contribution in [0.3, 0.4) is 0 Å². The molecule has 50 valence electrons. The molecule has 0 rings (SSSR count). The Labute approximate surface area is 65.4 Å². The molecule has 8 heavy (non-hydrogen) atoms. The van der Waals surface area contributed by atoms with Crippen LogP contribution < -0.4 is 5.32 Å². The lowest BCUT2D eigenvalue weighted by Crippen LogP contribution is -2.39. The number of halogens is 1. The topological polar surface area (TPSA) is 12.0 Å². The minimum absolute atomic E-state index is 0.264. The summed E-state index contributed by atoms with van der Waals surface area (Å²) in [6.45, 7) is 8.65. The van der Waals surface area contributed by atoms with Crippen molar-refractivity contribution in [2.45, 2.75) is 37.3 Å². The maximum absolute atomic E-state index is 3.37. The smallest absolute Gasteiger partial charge is 0.0568 e. The third-order valence-corrected chi connectivity index (χ3v) is 0.943. The van der Waals surface area contributed by atoms with E-state index >= 15 is 0 Å². The van der Waals surface area contributed by atoms with E-state index in [1.54, 1.807) is 0 Å². The summed E-state index contributed by atoms with van der Waals surface area (Å²) < 4.78 is 0.563. The first kappa shape index (κ1) is 8.69. The first-order chi connectivity index (χ1) is 3.42. The Morgan fingerprint density at radius 1 is 1.38 bits per heavy atom. The summed E-state index contributed by atoms with van der Waals surface area (Å²) in [5.41, 5.74) is 0.264. The normalized spacial score (nSPS) is 16.1. The quantitative estimate of drug-likeness (QED) is 0.411. The van der Waals surface area contributed by atoms with E-state index in [-0.39, 0.29) is 5.54 Å². The monoisotopic (exact) mass is 227 g/mol. The predicted molar refractivity (Wildman–Crippen MR) is 46.4 cm³/mol. The van der Waals surface area contributed by atoms with Crippen molar-refractivity contribution < 1.29 is 0 Å². The third-order valence-electron chi connectivity index (χ3n) is 0.632. The lowest BCUT2D eigenvalue weighted by atomic mass is 10.1. The van der Waals surface area contributed by atoms with E-state index in [0.29, 0.717) is 4.05 Å². The van der Waals surface area contributed by atoms with E-state index in [1.165, 1.54) is 0 Å². The molecule has 0 saturated carbocycles. The highest BCUT2D eigenvalue weighted by atomic mass is 127. The lowest BCUT2D eigenvalue weighted by molar-refractivity contribution is 0.431. The zero-order valence-electron chi connectivity index (χ0n) is 5.96. The first-order valence-electron chi connectivity index (χ1n) is 2.83. The van der Waals surface area contributed by atoms with Gasteiger partial charge in [0.1, 0.15) is 0 Å². The Hall–Kier alpha value is 0.690. The molecule has 0 amide bonds. The van der Waals surface area contributed by atoms with E-state index < -0.39 is 0 Å². The fourth-order valence-electron chi connectivity index (χ4n) is 0.597. The fourth-order valence-corrected chi connectivity index (χ4v) is 1.53. The van der Waals surface area contributed by atoms with Crippen molar-refractivity contribution in [1.29, 1.82) is 0 Å². The predicted octanol–water partition coefficient (Wildman–Crippen LogP) is 2.16. The Bertz CT molecular complexity index is 63.4. The molecule has 0 fully saturated rings. The average Bonchev–Trinajstić information content (AvgIpc) is 1.21. The summed E-state index contributed by atoms with van der Waals surface area (Å²) in [5, 5.41) is 3.37. The maximum Gasteiger partial charge on any atom is 0.0568 e. The molecule has 1 nitrogen and oxygen atoms in total. The first-order valence-corrected chi connectivity index (χ1v) is 4.08. The summed E-state index contributed by atoms with van der Waals surface area (Å²) in [7, 11) is 0. The number of nitrogens with one attached hydrogen (secondary N) is 1. The molecule has 0 radical (unpaired) electrons.